The van der Waals surface area contributed by atoms with E-state index in [0.29, 0.717) is 35.5 Å². The van der Waals surface area contributed by atoms with Crippen molar-refractivity contribution in [2.75, 3.05) is 49.7 Å². The van der Waals surface area contributed by atoms with Crippen LogP contribution in [0.5, 0.6) is 5.75 Å². The van der Waals surface area contributed by atoms with Gasteiger partial charge in [-0.3, -0.25) is 4.79 Å². The number of nitrogens with one attached hydrogen (secondary N) is 2. The van der Waals surface area contributed by atoms with Crippen molar-refractivity contribution in [3.8, 4) is 17.6 Å². The van der Waals surface area contributed by atoms with Crippen molar-refractivity contribution < 1.29 is 35.9 Å². The van der Waals surface area contributed by atoms with E-state index in [1.54, 1.807) is 38.1 Å². The van der Waals surface area contributed by atoms with Crippen LogP contribution >= 0.6 is 0 Å². The third-order valence-electron chi connectivity index (χ3n) is 7.82. The van der Waals surface area contributed by atoms with Gasteiger partial charge in [0.1, 0.15) is 6.54 Å². The van der Waals surface area contributed by atoms with E-state index in [9.17, 15) is 26.4 Å². The van der Waals surface area contributed by atoms with E-state index in [4.69, 9.17) is 9.47 Å². The molecule has 258 valence electrons. The summed E-state index contributed by atoms with van der Waals surface area (Å²) in [6.07, 6.45) is -3.46. The Morgan fingerprint density at radius 1 is 1.04 bits per heavy atom. The fraction of sp³-hybridized carbons (Fsp3) is 0.306. The van der Waals surface area contributed by atoms with Crippen molar-refractivity contribution in [2.24, 2.45) is 5.92 Å². The first-order chi connectivity index (χ1) is 23.2. The number of anilines is 3. The maximum absolute atomic E-state index is 13.7. The number of rotatable bonds is 10. The predicted molar refractivity (Wildman–Crippen MR) is 185 cm³/mol. The number of alkyl halides is 3. The first-order valence-electron chi connectivity index (χ1n) is 15.6. The van der Waals surface area contributed by atoms with Gasteiger partial charge in [0.2, 0.25) is 0 Å². The van der Waals surface area contributed by atoms with Gasteiger partial charge >= 0.3 is 12.1 Å². The lowest BCUT2D eigenvalue weighted by Gasteiger charge is -2.30. The summed E-state index contributed by atoms with van der Waals surface area (Å²) >= 11 is 0. The topological polar surface area (TPSA) is 102 Å². The van der Waals surface area contributed by atoms with Crippen LogP contribution in [-0.2, 0) is 25.9 Å². The van der Waals surface area contributed by atoms with Crippen LogP contribution in [0.4, 0.5) is 30.2 Å². The maximum Gasteiger partial charge on any atom is 0.406 e. The molecule has 0 atom stereocenters. The number of carbonyl (C=O) groups excluding carboxylic acids is 1. The Hall–Kier alpha value is -4.93. The zero-order valence-corrected chi connectivity index (χ0v) is 28.2. The number of hydrogen-bond acceptors (Lipinski definition) is 8. The molecule has 1 fully saturated rings. The molecule has 49 heavy (non-hydrogen) atoms. The lowest BCUT2D eigenvalue weighted by Crippen LogP contribution is -2.34. The Labute approximate surface area is 283 Å². The highest BCUT2D eigenvalue weighted by molar-refractivity contribution is 7.90. The van der Waals surface area contributed by atoms with Crippen LogP contribution in [0.15, 0.2) is 78.2 Å². The molecule has 2 N–H and O–H groups in total. The highest BCUT2D eigenvalue weighted by Crippen LogP contribution is 2.33. The molecule has 3 aromatic carbocycles. The van der Waals surface area contributed by atoms with Crippen molar-refractivity contribution in [1.29, 1.82) is 0 Å². The molecule has 0 spiro atoms. The third kappa shape index (κ3) is 8.95. The predicted octanol–water partition coefficient (Wildman–Crippen LogP) is 6.68. The van der Waals surface area contributed by atoms with Crippen LogP contribution in [0.25, 0.3) is 16.6 Å². The molecule has 5 rings (SSSR count). The Kier molecular flexibility index (Phi) is 10.6. The zero-order chi connectivity index (χ0) is 35.3. The molecular formula is C36H37F3N4O5S. The normalized spacial score (nSPS) is 13.6. The van der Waals surface area contributed by atoms with E-state index in [1.807, 2.05) is 24.3 Å². The summed E-state index contributed by atoms with van der Waals surface area (Å²) in [4.78, 5) is 14.4. The summed E-state index contributed by atoms with van der Waals surface area (Å²) in [5.74, 6) is 4.67. The molecule has 0 amide bonds. The average Bonchev–Trinajstić information content (AvgIpc) is 3.40. The number of benzene rings is 3. The quantitative estimate of drug-likeness (QED) is 0.108. The van der Waals surface area contributed by atoms with Crippen LogP contribution in [0.3, 0.4) is 0 Å². The van der Waals surface area contributed by atoms with Gasteiger partial charge in [-0.05, 0) is 53.9 Å². The van der Waals surface area contributed by atoms with E-state index in [0.717, 1.165) is 40.9 Å². The largest absolute Gasteiger partial charge is 0.424 e. The van der Waals surface area contributed by atoms with Crippen molar-refractivity contribution in [1.82, 2.24) is 9.47 Å². The van der Waals surface area contributed by atoms with Crippen LogP contribution < -0.4 is 15.4 Å². The van der Waals surface area contributed by atoms with Gasteiger partial charge in [-0.2, -0.15) is 13.2 Å². The highest BCUT2D eigenvalue weighted by atomic mass is 32.2. The number of nitrogens with zero attached hydrogens (tertiary/aromatic N) is 2. The van der Waals surface area contributed by atoms with E-state index in [2.05, 4.69) is 34.0 Å². The minimum absolute atomic E-state index is 0.00349. The molecule has 1 aliphatic rings. The van der Waals surface area contributed by atoms with Gasteiger partial charge in [-0.25, -0.2) is 8.42 Å². The SMILES string of the molecule is C=C(c1ccc(Nc2cccc3c2cc(C#CCNc2ccc(S(C)(=O)=O)cc2OC(=O)C(C)C)n3CC(F)(F)F)cc1)N1CCOCC1. The van der Waals surface area contributed by atoms with Gasteiger partial charge < -0.3 is 29.6 Å². The zero-order valence-electron chi connectivity index (χ0n) is 27.4. The Balaban J connectivity index is 1.39. The second-order valence-corrected chi connectivity index (χ2v) is 13.9. The molecule has 13 heteroatoms. The minimum Gasteiger partial charge on any atom is -0.424 e. The molecule has 9 nitrogen and oxygen atoms in total. The van der Waals surface area contributed by atoms with Crippen LogP contribution in [0, 0.1) is 17.8 Å². The van der Waals surface area contributed by atoms with Crippen LogP contribution in [0.2, 0.25) is 0 Å². The summed E-state index contributed by atoms with van der Waals surface area (Å²) < 4.78 is 77.4. The number of esters is 1. The summed E-state index contributed by atoms with van der Waals surface area (Å²) in [6.45, 7) is 9.07. The summed E-state index contributed by atoms with van der Waals surface area (Å²) in [6, 6.07) is 18.4. The Morgan fingerprint density at radius 3 is 2.41 bits per heavy atom. The Morgan fingerprint density at radius 2 is 1.76 bits per heavy atom. The Bertz CT molecular complexity index is 2020. The fourth-order valence-corrected chi connectivity index (χ4v) is 5.86. The molecule has 1 aliphatic heterocycles. The van der Waals surface area contributed by atoms with Crippen LogP contribution in [0.1, 0.15) is 25.1 Å². The van der Waals surface area contributed by atoms with Gasteiger partial charge in [0.25, 0.3) is 0 Å². The van der Waals surface area contributed by atoms with E-state index in [1.165, 1.54) is 18.2 Å². The number of ether oxygens (including phenoxy) is 2. The molecule has 0 unspecified atom stereocenters. The first-order valence-corrected chi connectivity index (χ1v) is 17.5. The van der Waals surface area contributed by atoms with Gasteiger partial charge in [-0.1, -0.05) is 44.5 Å². The van der Waals surface area contributed by atoms with Crippen LogP contribution in [-0.4, -0.2) is 69.1 Å². The molecular weight excluding hydrogens is 657 g/mol. The molecule has 0 saturated carbocycles. The van der Waals surface area contributed by atoms with Crippen molar-refractivity contribution in [3.05, 3.63) is 84.6 Å². The molecule has 4 aromatic rings. The molecule has 2 heterocycles. The number of fused-ring (bicyclic) bond motifs is 1. The van der Waals surface area contributed by atoms with Crippen molar-refractivity contribution >= 4 is 49.5 Å². The third-order valence-corrected chi connectivity index (χ3v) is 8.93. The summed E-state index contributed by atoms with van der Waals surface area (Å²) in [7, 11) is -3.58. The monoisotopic (exact) mass is 694 g/mol. The molecule has 1 aromatic heterocycles. The number of aromatic nitrogens is 1. The van der Waals surface area contributed by atoms with Crippen molar-refractivity contribution in [3.63, 3.8) is 0 Å². The van der Waals surface area contributed by atoms with E-state index < -0.39 is 34.4 Å². The summed E-state index contributed by atoms with van der Waals surface area (Å²) in [5.41, 5.74) is 4.04. The summed E-state index contributed by atoms with van der Waals surface area (Å²) in [5, 5.41) is 6.87. The average molecular weight is 695 g/mol. The number of sulfone groups is 1. The van der Waals surface area contributed by atoms with Gasteiger partial charge in [0, 0.05) is 47.9 Å². The minimum atomic E-state index is -4.50. The van der Waals surface area contributed by atoms with Gasteiger partial charge in [0.05, 0.1) is 47.5 Å². The lowest BCUT2D eigenvalue weighted by molar-refractivity contribution is -0.140. The lowest BCUT2D eigenvalue weighted by atomic mass is 10.1. The van der Waals surface area contributed by atoms with E-state index >= 15 is 0 Å². The van der Waals surface area contributed by atoms with Gasteiger partial charge in [-0.15, -0.1) is 0 Å². The molecule has 1 saturated heterocycles. The second-order valence-electron chi connectivity index (χ2n) is 11.9. The first kappa shape index (κ1) is 35.4. The maximum atomic E-state index is 13.7. The number of halogens is 3. The second kappa shape index (κ2) is 14.7. The van der Waals surface area contributed by atoms with E-state index in [-0.39, 0.29) is 22.9 Å². The van der Waals surface area contributed by atoms with Gasteiger partial charge in [0.15, 0.2) is 15.6 Å². The van der Waals surface area contributed by atoms with Crippen molar-refractivity contribution in [2.45, 2.75) is 31.5 Å². The standard InChI is InChI=1S/C36H37F3N4O5S/c1-24(2)35(44)48-34-22-29(49(4,45)46)14-15-32(34)40-16-6-7-28-21-30-31(8-5-9-33(30)43(28)23-36(37,38)39)41-27-12-10-26(11-13-27)25(3)42-17-19-47-20-18-42/h5,8-15,21-22,24,40-41H,3,16-20,23H2,1-2,4H3. The number of hydrogen-bond donors (Lipinski definition) is 2. The number of carbonyl (C=O) groups is 1. The molecule has 0 radical (unpaired) electrons. The molecule has 0 aliphatic carbocycles. The fourth-order valence-electron chi connectivity index (χ4n) is 5.23. The number of morpholine rings is 1. The molecule has 0 bridgehead atoms. The highest BCUT2D eigenvalue weighted by Gasteiger charge is 2.30. The smallest absolute Gasteiger partial charge is 0.406 e.